The van der Waals surface area contributed by atoms with Crippen LogP contribution in [0.4, 0.5) is 14.6 Å². The Morgan fingerprint density at radius 1 is 1.23 bits per heavy atom. The Morgan fingerprint density at radius 3 is 2.70 bits per heavy atom. The minimum absolute atomic E-state index is 0. The van der Waals surface area contributed by atoms with Gasteiger partial charge in [-0.1, -0.05) is 6.07 Å². The number of carbonyl (C=O) groups excluding carboxylic acids is 2. The molecule has 0 spiro atoms. The zero-order valence-corrected chi connectivity index (χ0v) is 24.4. The molecule has 234 valence electrons. The molecule has 5 rings (SSSR count). The van der Waals surface area contributed by atoms with Crippen LogP contribution in [-0.2, 0) is 18.3 Å². The van der Waals surface area contributed by atoms with Crippen LogP contribution >= 0.6 is 0 Å². The summed E-state index contributed by atoms with van der Waals surface area (Å²) < 4.78 is 39.7. The van der Waals surface area contributed by atoms with Crippen LogP contribution in [-0.4, -0.2) is 71.1 Å². The zero-order valence-electron chi connectivity index (χ0n) is 24.4. The topological polar surface area (TPSA) is 139 Å². The second-order valence-electron chi connectivity index (χ2n) is 10.8. The van der Waals surface area contributed by atoms with Crippen LogP contribution in [0.5, 0.6) is 5.88 Å². The van der Waals surface area contributed by atoms with E-state index in [1.54, 1.807) is 26.2 Å². The molecule has 2 N–H and O–H groups in total. The second-order valence-corrected chi connectivity index (χ2v) is 10.8. The lowest BCUT2D eigenvalue weighted by molar-refractivity contribution is -0.113. The molecule has 44 heavy (non-hydrogen) atoms. The number of anilines is 1. The van der Waals surface area contributed by atoms with Crippen molar-refractivity contribution < 1.29 is 30.7 Å². The molecule has 13 heteroatoms. The number of nitrogens with one attached hydrogen (secondary N) is 2. The van der Waals surface area contributed by atoms with Crippen molar-refractivity contribution in [2.75, 3.05) is 38.2 Å². The van der Waals surface area contributed by atoms with Crippen molar-refractivity contribution in [2.45, 2.75) is 38.3 Å². The van der Waals surface area contributed by atoms with Crippen molar-refractivity contribution in [1.29, 1.82) is 5.26 Å². The quantitative estimate of drug-likeness (QED) is 0.353. The summed E-state index contributed by atoms with van der Waals surface area (Å²) in [6, 6.07) is 10.9. The summed E-state index contributed by atoms with van der Waals surface area (Å²) in [6.45, 7) is 2.37. The Labute approximate surface area is 255 Å². The molecule has 0 unspecified atom stereocenters. The molecule has 0 radical (unpaired) electrons. The van der Waals surface area contributed by atoms with E-state index in [2.05, 4.69) is 15.6 Å². The number of carbonyl (C=O) groups is 2. The number of rotatable bonds is 10. The van der Waals surface area contributed by atoms with Crippen molar-refractivity contribution >= 4 is 17.6 Å². The van der Waals surface area contributed by atoms with Gasteiger partial charge in [-0.3, -0.25) is 14.4 Å². The molecule has 0 bridgehead atoms. The van der Waals surface area contributed by atoms with E-state index in [9.17, 15) is 28.4 Å². The number of ether oxygens (including phenoxy) is 2. The fourth-order valence-corrected chi connectivity index (χ4v) is 5.22. The van der Waals surface area contributed by atoms with Crippen molar-refractivity contribution in [2.24, 2.45) is 7.05 Å². The van der Waals surface area contributed by atoms with E-state index in [0.717, 1.165) is 29.9 Å². The second kappa shape index (κ2) is 12.9. The van der Waals surface area contributed by atoms with Crippen LogP contribution in [0, 0.1) is 11.3 Å². The van der Waals surface area contributed by atoms with Gasteiger partial charge >= 0.3 is 0 Å². The molecule has 2 aliphatic rings. The average molecular weight is 611 g/mol. The molecule has 1 atom stereocenters. The Morgan fingerprint density at radius 2 is 2.02 bits per heavy atom. The highest BCUT2D eigenvalue weighted by molar-refractivity contribution is 6.05. The molecule has 2 fully saturated rings. The van der Waals surface area contributed by atoms with Crippen LogP contribution in [0.3, 0.4) is 0 Å². The van der Waals surface area contributed by atoms with Gasteiger partial charge in [-0.05, 0) is 60.7 Å². The molecule has 3 aromatic rings. The molecule has 0 saturated carbocycles. The number of nitrogens with zero attached hydrogens (tertiary/aromatic N) is 4. The number of aromatic nitrogens is 2. The van der Waals surface area contributed by atoms with Gasteiger partial charge in [0.15, 0.2) is 0 Å². The van der Waals surface area contributed by atoms with Gasteiger partial charge in [0.25, 0.3) is 23.3 Å². The molecular formula is C31H36F2N6O5. The van der Waals surface area contributed by atoms with Crippen LogP contribution in [0.1, 0.15) is 54.5 Å². The summed E-state index contributed by atoms with van der Waals surface area (Å²) in [5, 5.41) is 15.4. The summed E-state index contributed by atoms with van der Waals surface area (Å²) in [5.41, 5.74) is 1.07. The van der Waals surface area contributed by atoms with E-state index >= 15 is 0 Å². The molecule has 4 heterocycles. The number of aryl methyl sites for hydroxylation is 1. The molecule has 2 aliphatic heterocycles. The lowest BCUT2D eigenvalue weighted by Crippen LogP contribution is -2.58. The predicted molar refractivity (Wildman–Crippen MR) is 161 cm³/mol. The van der Waals surface area contributed by atoms with E-state index in [4.69, 9.17) is 9.47 Å². The Balaban J connectivity index is 0.00000288. The monoisotopic (exact) mass is 610 g/mol. The molecule has 2 saturated heterocycles. The Hall–Kier alpha value is -4.67. The first kappa shape index (κ1) is 30.8. The average Bonchev–Trinajstić information content (AvgIpc) is 3.50. The highest BCUT2D eigenvalue weighted by atomic mass is 19.3. The van der Waals surface area contributed by atoms with Gasteiger partial charge in [0.1, 0.15) is 11.4 Å². The first-order valence-electron chi connectivity index (χ1n) is 14.3. The fourth-order valence-electron chi connectivity index (χ4n) is 5.22. The normalized spacial score (nSPS) is 17.1. The van der Waals surface area contributed by atoms with Crippen LogP contribution < -0.4 is 20.9 Å². The molecule has 0 aliphatic carbocycles. The number of benzene rings is 1. The first-order valence-corrected chi connectivity index (χ1v) is 14.3. The van der Waals surface area contributed by atoms with Gasteiger partial charge < -0.3 is 29.6 Å². The highest BCUT2D eigenvalue weighted by Gasteiger charge is 2.46. The van der Waals surface area contributed by atoms with Gasteiger partial charge in [-0.2, -0.15) is 10.2 Å². The van der Waals surface area contributed by atoms with E-state index < -0.39 is 36.4 Å². The SMILES string of the molecule is CCOc1cc(-c2ccc(C#N)cc2C(=O)N2CC(F)(F)C2)cc(NC(=O)c2cc(CNC[C@@H]3CCCO3)cn(C)c2=O)n1.[HH].[HH]. The molecule has 1 aromatic carbocycles. The number of pyridine rings is 2. The van der Waals surface area contributed by atoms with Crippen LogP contribution in [0.2, 0.25) is 0 Å². The zero-order chi connectivity index (χ0) is 31.4. The summed E-state index contributed by atoms with van der Waals surface area (Å²) in [6.07, 6.45) is 3.81. The van der Waals surface area contributed by atoms with Crippen molar-refractivity contribution in [1.82, 2.24) is 19.8 Å². The van der Waals surface area contributed by atoms with E-state index in [1.807, 2.05) is 6.07 Å². The van der Waals surface area contributed by atoms with Gasteiger partial charge in [0.05, 0.1) is 37.4 Å². The Kier molecular flexibility index (Phi) is 9.03. The van der Waals surface area contributed by atoms with Gasteiger partial charge in [0, 0.05) is 47.4 Å². The van der Waals surface area contributed by atoms with Gasteiger partial charge in [-0.15, -0.1) is 0 Å². The van der Waals surface area contributed by atoms with Gasteiger partial charge in [-0.25, -0.2) is 8.78 Å². The van der Waals surface area contributed by atoms with E-state index in [1.165, 1.54) is 34.9 Å². The van der Waals surface area contributed by atoms with Crippen LogP contribution in [0.25, 0.3) is 11.1 Å². The lowest BCUT2D eigenvalue weighted by atomic mass is 9.96. The lowest BCUT2D eigenvalue weighted by Gasteiger charge is -2.39. The van der Waals surface area contributed by atoms with Gasteiger partial charge in [0.2, 0.25) is 5.88 Å². The maximum Gasteiger partial charge on any atom is 0.282 e. The van der Waals surface area contributed by atoms with E-state index in [-0.39, 0.29) is 44.0 Å². The number of halogens is 2. The van der Waals surface area contributed by atoms with Crippen molar-refractivity contribution in [3.8, 4) is 23.1 Å². The molecular weight excluding hydrogens is 574 g/mol. The number of amides is 2. The molecule has 2 aromatic heterocycles. The molecule has 11 nitrogen and oxygen atoms in total. The summed E-state index contributed by atoms with van der Waals surface area (Å²) in [7, 11) is 1.56. The Bertz CT molecular complexity index is 1680. The first-order chi connectivity index (χ1) is 21.1. The third-order valence-electron chi connectivity index (χ3n) is 7.37. The number of nitriles is 1. The fraction of sp³-hybridized carbons (Fsp3) is 0.387. The highest BCUT2D eigenvalue weighted by Crippen LogP contribution is 2.34. The van der Waals surface area contributed by atoms with Crippen LogP contribution in [0.15, 0.2) is 47.4 Å². The number of hydrogen-bond donors (Lipinski definition) is 2. The third kappa shape index (κ3) is 6.93. The summed E-state index contributed by atoms with van der Waals surface area (Å²) >= 11 is 0. The van der Waals surface area contributed by atoms with Crippen molar-refractivity contribution in [3.05, 3.63) is 75.2 Å². The smallest absolute Gasteiger partial charge is 0.282 e. The maximum atomic E-state index is 13.5. The number of alkyl halides is 2. The minimum Gasteiger partial charge on any atom is -0.478 e. The predicted octanol–water partition coefficient (Wildman–Crippen LogP) is 3.82. The largest absolute Gasteiger partial charge is 0.478 e. The number of likely N-dealkylation sites (tertiary alicyclic amines) is 1. The third-order valence-corrected chi connectivity index (χ3v) is 7.37. The maximum absolute atomic E-state index is 13.5. The standard InChI is InChI=1S/C31H32F2N6O5.2H2/c1-3-43-27-12-21(23-7-6-19(13-34)9-24(23)30(42)39-17-31(32,33)18-39)11-26(36-27)37-28(40)25-10-20(16-38(2)29(25)41)14-35-15-22-5-4-8-44-22;;/h6-7,9-12,16,22,35H,3-5,8,14-15,17-18H2,1-2H3,(H,36,37,40);2*1H/t22-;;/m0../s1. The summed E-state index contributed by atoms with van der Waals surface area (Å²) in [5.74, 6) is -4.15. The minimum atomic E-state index is -2.96. The van der Waals surface area contributed by atoms with Crippen molar-refractivity contribution in [3.63, 3.8) is 0 Å². The van der Waals surface area contributed by atoms with E-state index in [0.29, 0.717) is 24.2 Å². The number of hydrogen-bond acceptors (Lipinski definition) is 8. The molecule has 2 amide bonds. The summed E-state index contributed by atoms with van der Waals surface area (Å²) in [4.78, 5) is 44.8.